The zero-order valence-electron chi connectivity index (χ0n) is 9.32. The van der Waals surface area contributed by atoms with Gasteiger partial charge in [-0.1, -0.05) is 0 Å². The van der Waals surface area contributed by atoms with Gasteiger partial charge in [-0.15, -0.1) is 0 Å². The number of ether oxygens (including phenoxy) is 2. The number of allylic oxidation sites excluding steroid dienone is 2. The lowest BCUT2D eigenvalue weighted by molar-refractivity contribution is -0.138. The van der Waals surface area contributed by atoms with Crippen molar-refractivity contribution < 1.29 is 14.3 Å². The van der Waals surface area contributed by atoms with Crippen molar-refractivity contribution in [1.82, 2.24) is 10.4 Å². The van der Waals surface area contributed by atoms with E-state index in [4.69, 9.17) is 9.47 Å². The summed E-state index contributed by atoms with van der Waals surface area (Å²) in [4.78, 5) is 11.7. The molecule has 16 heavy (non-hydrogen) atoms. The fraction of sp³-hybridized carbons (Fsp3) is 0.364. The fourth-order valence-corrected chi connectivity index (χ4v) is 1.63. The molecule has 0 amide bonds. The third kappa shape index (κ3) is 1.81. The van der Waals surface area contributed by atoms with E-state index < -0.39 is 0 Å². The number of methoxy groups -OCH3 is 1. The summed E-state index contributed by atoms with van der Waals surface area (Å²) in [6.45, 7) is 2.65. The van der Waals surface area contributed by atoms with Gasteiger partial charge < -0.3 is 9.47 Å². The molecule has 0 spiro atoms. The standard InChI is InChI=1S/C11H14N2O3/c1-3-16-11(14)9-7-12-13-5-4-8(15-2)6-10(9)13/h4-6,12H,3,7H2,1-2H3. The normalized spacial score (nSPS) is 18.4. The molecule has 0 radical (unpaired) electrons. The van der Waals surface area contributed by atoms with Crippen LogP contribution in [0.2, 0.25) is 0 Å². The molecular formula is C11H14N2O3. The molecule has 2 rings (SSSR count). The highest BCUT2D eigenvalue weighted by atomic mass is 16.5. The van der Waals surface area contributed by atoms with Crippen LogP contribution in [0.25, 0.3) is 0 Å². The van der Waals surface area contributed by atoms with Crippen molar-refractivity contribution in [3.8, 4) is 0 Å². The Labute approximate surface area is 94.0 Å². The van der Waals surface area contributed by atoms with Gasteiger partial charge in [0.25, 0.3) is 0 Å². The van der Waals surface area contributed by atoms with Crippen LogP contribution in [0.15, 0.2) is 35.4 Å². The van der Waals surface area contributed by atoms with E-state index in [1.165, 1.54) is 0 Å². The number of hydrazine groups is 1. The Morgan fingerprint density at radius 1 is 1.62 bits per heavy atom. The highest BCUT2D eigenvalue weighted by Crippen LogP contribution is 2.23. The van der Waals surface area contributed by atoms with Crippen molar-refractivity contribution >= 4 is 5.97 Å². The Balaban J connectivity index is 2.28. The third-order valence-corrected chi connectivity index (χ3v) is 2.42. The molecule has 0 aromatic rings. The Kier molecular flexibility index (Phi) is 2.96. The van der Waals surface area contributed by atoms with Crippen LogP contribution in [0, 0.1) is 0 Å². The first-order valence-electron chi connectivity index (χ1n) is 5.13. The van der Waals surface area contributed by atoms with Gasteiger partial charge in [-0.3, -0.25) is 5.01 Å². The summed E-state index contributed by atoms with van der Waals surface area (Å²) in [6.07, 6.45) is 5.46. The summed E-state index contributed by atoms with van der Waals surface area (Å²) in [5.41, 5.74) is 4.48. The minimum atomic E-state index is -0.283. The number of nitrogens with zero attached hydrogens (tertiary/aromatic N) is 1. The van der Waals surface area contributed by atoms with E-state index >= 15 is 0 Å². The largest absolute Gasteiger partial charge is 0.497 e. The number of fused-ring (bicyclic) bond motifs is 1. The quantitative estimate of drug-likeness (QED) is 0.712. The molecular weight excluding hydrogens is 208 g/mol. The van der Waals surface area contributed by atoms with Crippen LogP contribution in [-0.2, 0) is 14.3 Å². The van der Waals surface area contributed by atoms with Gasteiger partial charge in [-0.05, 0) is 13.0 Å². The zero-order chi connectivity index (χ0) is 11.5. The summed E-state index contributed by atoms with van der Waals surface area (Å²) < 4.78 is 10.1. The topological polar surface area (TPSA) is 50.8 Å². The second-order valence-electron chi connectivity index (χ2n) is 3.36. The number of hydrogen-bond donors (Lipinski definition) is 1. The van der Waals surface area contributed by atoms with Crippen LogP contribution in [0.5, 0.6) is 0 Å². The molecule has 0 aromatic carbocycles. The Morgan fingerprint density at radius 2 is 2.44 bits per heavy atom. The highest BCUT2D eigenvalue weighted by Gasteiger charge is 2.27. The van der Waals surface area contributed by atoms with Crippen molar-refractivity contribution in [3.63, 3.8) is 0 Å². The maximum atomic E-state index is 11.7. The summed E-state index contributed by atoms with van der Waals surface area (Å²) in [5, 5.41) is 1.79. The molecule has 5 heteroatoms. The van der Waals surface area contributed by atoms with Gasteiger partial charge in [0, 0.05) is 18.8 Å². The molecule has 0 aromatic heterocycles. The van der Waals surface area contributed by atoms with Crippen LogP contribution < -0.4 is 5.43 Å². The summed E-state index contributed by atoms with van der Waals surface area (Å²) >= 11 is 0. The maximum absolute atomic E-state index is 11.7. The van der Waals surface area contributed by atoms with Crippen molar-refractivity contribution in [3.05, 3.63) is 35.4 Å². The van der Waals surface area contributed by atoms with Gasteiger partial charge in [0.05, 0.1) is 25.0 Å². The van der Waals surface area contributed by atoms with Gasteiger partial charge in [0.2, 0.25) is 0 Å². The SMILES string of the molecule is CCOC(=O)C1=C2C=C(OC)C=CN2NC1. The Morgan fingerprint density at radius 3 is 3.12 bits per heavy atom. The van der Waals surface area contributed by atoms with E-state index in [0.717, 1.165) is 11.5 Å². The molecule has 2 heterocycles. The number of esters is 1. The first-order chi connectivity index (χ1) is 7.76. The van der Waals surface area contributed by atoms with E-state index in [1.54, 1.807) is 19.0 Å². The molecule has 1 N–H and O–H groups in total. The average molecular weight is 222 g/mol. The van der Waals surface area contributed by atoms with Gasteiger partial charge in [-0.2, -0.15) is 0 Å². The van der Waals surface area contributed by atoms with E-state index in [2.05, 4.69) is 5.43 Å². The molecule has 0 saturated heterocycles. The second-order valence-corrected chi connectivity index (χ2v) is 3.36. The van der Waals surface area contributed by atoms with Gasteiger partial charge in [0.1, 0.15) is 5.76 Å². The number of rotatable bonds is 3. The predicted molar refractivity (Wildman–Crippen MR) is 57.7 cm³/mol. The molecule has 0 bridgehead atoms. The maximum Gasteiger partial charge on any atom is 0.337 e. The minimum Gasteiger partial charge on any atom is -0.497 e. The van der Waals surface area contributed by atoms with Crippen LogP contribution in [0.1, 0.15) is 6.92 Å². The van der Waals surface area contributed by atoms with Crippen LogP contribution in [-0.4, -0.2) is 31.2 Å². The van der Waals surface area contributed by atoms with Crippen molar-refractivity contribution in [2.75, 3.05) is 20.3 Å². The van der Waals surface area contributed by atoms with Crippen LogP contribution >= 0.6 is 0 Å². The lowest BCUT2D eigenvalue weighted by Crippen LogP contribution is -2.27. The lowest BCUT2D eigenvalue weighted by Gasteiger charge is -2.19. The van der Waals surface area contributed by atoms with Gasteiger partial charge in [-0.25, -0.2) is 10.2 Å². The second kappa shape index (κ2) is 4.40. The van der Waals surface area contributed by atoms with Crippen LogP contribution in [0.3, 0.4) is 0 Å². The summed E-state index contributed by atoms with van der Waals surface area (Å²) in [7, 11) is 1.60. The summed E-state index contributed by atoms with van der Waals surface area (Å²) in [6, 6.07) is 0. The van der Waals surface area contributed by atoms with Crippen molar-refractivity contribution in [1.29, 1.82) is 0 Å². The molecule has 2 aliphatic rings. The average Bonchev–Trinajstić information content (AvgIpc) is 2.71. The van der Waals surface area contributed by atoms with Gasteiger partial charge in [0.15, 0.2) is 0 Å². The molecule has 5 nitrogen and oxygen atoms in total. The summed E-state index contributed by atoms with van der Waals surface area (Å²) in [5.74, 6) is 0.436. The van der Waals surface area contributed by atoms with Crippen LogP contribution in [0.4, 0.5) is 0 Å². The number of carbonyl (C=O) groups excluding carboxylic acids is 1. The molecule has 0 saturated carbocycles. The lowest BCUT2D eigenvalue weighted by atomic mass is 10.2. The third-order valence-electron chi connectivity index (χ3n) is 2.42. The van der Waals surface area contributed by atoms with Gasteiger partial charge >= 0.3 is 5.97 Å². The van der Waals surface area contributed by atoms with Crippen molar-refractivity contribution in [2.45, 2.75) is 6.92 Å². The number of carbonyl (C=O) groups is 1. The number of hydrogen-bond acceptors (Lipinski definition) is 5. The Hall–Kier alpha value is -1.75. The van der Waals surface area contributed by atoms with Crippen molar-refractivity contribution in [2.24, 2.45) is 0 Å². The smallest absolute Gasteiger partial charge is 0.337 e. The molecule has 0 atom stereocenters. The number of nitrogens with one attached hydrogen (secondary N) is 1. The predicted octanol–water partition coefficient (Wildman–Crippen LogP) is 0.681. The fourth-order valence-electron chi connectivity index (χ4n) is 1.63. The monoisotopic (exact) mass is 222 g/mol. The molecule has 2 aliphatic heterocycles. The van der Waals surface area contributed by atoms with E-state index in [9.17, 15) is 4.79 Å². The highest BCUT2D eigenvalue weighted by molar-refractivity contribution is 5.91. The Bertz CT molecular complexity index is 396. The molecule has 0 unspecified atom stereocenters. The minimum absolute atomic E-state index is 0.283. The molecule has 0 aliphatic carbocycles. The van der Waals surface area contributed by atoms with E-state index in [1.807, 2.05) is 18.4 Å². The zero-order valence-corrected chi connectivity index (χ0v) is 9.32. The van der Waals surface area contributed by atoms with E-state index in [-0.39, 0.29) is 5.97 Å². The van der Waals surface area contributed by atoms with E-state index in [0.29, 0.717) is 18.7 Å². The first-order valence-corrected chi connectivity index (χ1v) is 5.13. The molecule has 86 valence electrons. The first kappa shape index (κ1) is 10.8. The molecule has 0 fully saturated rings.